The molecular formula is C11H11N3O. The molecule has 0 aliphatic carbocycles. The largest absolute Gasteiger partial charge is 0.368 e. The van der Waals surface area contributed by atoms with Crippen LogP contribution in [0.4, 0.5) is 0 Å². The van der Waals surface area contributed by atoms with Gasteiger partial charge >= 0.3 is 0 Å². The third kappa shape index (κ3) is 2.04. The second-order valence-electron chi connectivity index (χ2n) is 3.21. The summed E-state index contributed by atoms with van der Waals surface area (Å²) < 4.78 is 1.73. The molecule has 2 aromatic rings. The summed E-state index contributed by atoms with van der Waals surface area (Å²) in [5.74, 6) is 0.389. The van der Waals surface area contributed by atoms with E-state index in [2.05, 4.69) is 4.98 Å². The van der Waals surface area contributed by atoms with Gasteiger partial charge < -0.3 is 10.3 Å². The van der Waals surface area contributed by atoms with Crippen LogP contribution in [0.25, 0.3) is 11.4 Å². The third-order valence-electron chi connectivity index (χ3n) is 2.07. The maximum absolute atomic E-state index is 10.8. The van der Waals surface area contributed by atoms with Gasteiger partial charge in [0.15, 0.2) is 0 Å². The highest BCUT2D eigenvalue weighted by molar-refractivity contribution is 5.74. The van der Waals surface area contributed by atoms with Gasteiger partial charge in [-0.15, -0.1) is 0 Å². The predicted molar refractivity (Wildman–Crippen MR) is 56.9 cm³/mol. The minimum absolute atomic E-state index is 0.157. The molecule has 0 spiro atoms. The summed E-state index contributed by atoms with van der Waals surface area (Å²) in [5.41, 5.74) is 6.12. The van der Waals surface area contributed by atoms with E-state index in [-0.39, 0.29) is 12.5 Å². The normalized spacial score (nSPS) is 10.1. The number of carbonyl (C=O) groups is 1. The van der Waals surface area contributed by atoms with Crippen molar-refractivity contribution >= 4 is 5.91 Å². The van der Waals surface area contributed by atoms with Crippen molar-refractivity contribution in [1.29, 1.82) is 0 Å². The number of benzene rings is 1. The molecule has 1 aromatic heterocycles. The molecule has 0 aliphatic rings. The lowest BCUT2D eigenvalue weighted by atomic mass is 10.2. The van der Waals surface area contributed by atoms with Gasteiger partial charge in [0.2, 0.25) is 5.91 Å². The molecule has 0 aliphatic heterocycles. The number of rotatable bonds is 3. The van der Waals surface area contributed by atoms with E-state index in [4.69, 9.17) is 5.73 Å². The van der Waals surface area contributed by atoms with Crippen LogP contribution in [0.1, 0.15) is 0 Å². The fourth-order valence-corrected chi connectivity index (χ4v) is 1.45. The monoisotopic (exact) mass is 201 g/mol. The van der Waals surface area contributed by atoms with Gasteiger partial charge in [0.1, 0.15) is 12.4 Å². The van der Waals surface area contributed by atoms with Crippen molar-refractivity contribution in [2.75, 3.05) is 0 Å². The van der Waals surface area contributed by atoms with E-state index < -0.39 is 0 Å². The predicted octanol–water partition coefficient (Wildman–Crippen LogP) is 1.04. The summed E-state index contributed by atoms with van der Waals surface area (Å²) in [7, 11) is 0. The van der Waals surface area contributed by atoms with Crippen LogP contribution < -0.4 is 5.73 Å². The van der Waals surface area contributed by atoms with Crippen LogP contribution in [0.5, 0.6) is 0 Å². The SMILES string of the molecule is NC(=O)Cn1ccnc1-c1ccccc1. The van der Waals surface area contributed by atoms with Gasteiger partial charge in [-0.05, 0) is 0 Å². The Morgan fingerprint density at radius 2 is 2.07 bits per heavy atom. The topological polar surface area (TPSA) is 60.9 Å². The van der Waals surface area contributed by atoms with Crippen LogP contribution in [-0.4, -0.2) is 15.5 Å². The molecule has 4 heteroatoms. The Morgan fingerprint density at radius 1 is 1.33 bits per heavy atom. The van der Waals surface area contributed by atoms with Gasteiger partial charge in [0.05, 0.1) is 0 Å². The molecule has 0 bridgehead atoms. The average Bonchev–Trinajstić information content (AvgIpc) is 2.66. The summed E-state index contributed by atoms with van der Waals surface area (Å²) in [5, 5.41) is 0. The number of hydrogen-bond acceptors (Lipinski definition) is 2. The Labute approximate surface area is 87.4 Å². The van der Waals surface area contributed by atoms with Crippen molar-refractivity contribution < 1.29 is 4.79 Å². The van der Waals surface area contributed by atoms with Crippen LogP contribution in [0, 0.1) is 0 Å². The van der Waals surface area contributed by atoms with E-state index in [9.17, 15) is 4.79 Å². The molecule has 4 nitrogen and oxygen atoms in total. The average molecular weight is 201 g/mol. The first kappa shape index (κ1) is 9.45. The lowest BCUT2D eigenvalue weighted by molar-refractivity contribution is -0.118. The zero-order valence-electron chi connectivity index (χ0n) is 8.13. The molecule has 2 rings (SSSR count). The van der Waals surface area contributed by atoms with E-state index in [0.717, 1.165) is 11.4 Å². The van der Waals surface area contributed by atoms with Crippen molar-refractivity contribution in [1.82, 2.24) is 9.55 Å². The number of nitrogens with two attached hydrogens (primary N) is 1. The fourth-order valence-electron chi connectivity index (χ4n) is 1.45. The van der Waals surface area contributed by atoms with Crippen molar-refractivity contribution in [2.45, 2.75) is 6.54 Å². The number of amides is 1. The van der Waals surface area contributed by atoms with Gasteiger partial charge in [-0.2, -0.15) is 0 Å². The molecule has 1 amide bonds. The summed E-state index contributed by atoms with van der Waals surface area (Å²) in [6.07, 6.45) is 3.40. The standard InChI is InChI=1S/C11H11N3O/c12-10(15)8-14-7-6-13-11(14)9-4-2-1-3-5-9/h1-7H,8H2,(H2,12,15). The molecule has 0 radical (unpaired) electrons. The van der Waals surface area contributed by atoms with Gasteiger partial charge in [0, 0.05) is 18.0 Å². The van der Waals surface area contributed by atoms with E-state index >= 15 is 0 Å². The second-order valence-corrected chi connectivity index (χ2v) is 3.21. The molecular weight excluding hydrogens is 190 g/mol. The summed E-state index contributed by atoms with van der Waals surface area (Å²) in [6, 6.07) is 9.68. The highest BCUT2D eigenvalue weighted by Gasteiger charge is 2.06. The van der Waals surface area contributed by atoms with Gasteiger partial charge in [-0.1, -0.05) is 30.3 Å². The summed E-state index contributed by atoms with van der Waals surface area (Å²) >= 11 is 0. The fraction of sp³-hybridized carbons (Fsp3) is 0.0909. The van der Waals surface area contributed by atoms with Crippen LogP contribution in [-0.2, 0) is 11.3 Å². The van der Waals surface area contributed by atoms with Crippen molar-refractivity contribution in [3.8, 4) is 11.4 Å². The van der Waals surface area contributed by atoms with Gasteiger partial charge in [-0.3, -0.25) is 4.79 Å². The molecule has 0 saturated carbocycles. The van der Waals surface area contributed by atoms with Crippen molar-refractivity contribution in [2.24, 2.45) is 5.73 Å². The highest BCUT2D eigenvalue weighted by Crippen LogP contribution is 2.16. The zero-order valence-corrected chi connectivity index (χ0v) is 8.13. The van der Waals surface area contributed by atoms with Crippen molar-refractivity contribution in [3.05, 3.63) is 42.7 Å². The van der Waals surface area contributed by atoms with Crippen LogP contribution in [0.15, 0.2) is 42.7 Å². The summed E-state index contributed by atoms with van der Waals surface area (Å²) in [4.78, 5) is 15.0. The number of aromatic nitrogens is 2. The van der Waals surface area contributed by atoms with E-state index in [0.29, 0.717) is 0 Å². The molecule has 0 saturated heterocycles. The summed E-state index contributed by atoms with van der Waals surface area (Å²) in [6.45, 7) is 0.157. The van der Waals surface area contributed by atoms with Crippen LogP contribution in [0.3, 0.4) is 0 Å². The quantitative estimate of drug-likeness (QED) is 0.806. The minimum Gasteiger partial charge on any atom is -0.368 e. The molecule has 0 fully saturated rings. The Morgan fingerprint density at radius 3 is 2.73 bits per heavy atom. The Hall–Kier alpha value is -2.10. The molecule has 0 unspecified atom stereocenters. The molecule has 15 heavy (non-hydrogen) atoms. The number of carbonyl (C=O) groups excluding carboxylic acids is 1. The lowest BCUT2D eigenvalue weighted by Crippen LogP contribution is -2.18. The van der Waals surface area contributed by atoms with Crippen LogP contribution >= 0.6 is 0 Å². The number of hydrogen-bond donors (Lipinski definition) is 1. The second kappa shape index (κ2) is 3.96. The number of nitrogens with zero attached hydrogens (tertiary/aromatic N) is 2. The Kier molecular flexibility index (Phi) is 2.49. The first-order valence-electron chi connectivity index (χ1n) is 4.62. The Balaban J connectivity index is 2.37. The van der Waals surface area contributed by atoms with E-state index in [1.165, 1.54) is 0 Å². The van der Waals surface area contributed by atoms with Crippen LogP contribution in [0.2, 0.25) is 0 Å². The third-order valence-corrected chi connectivity index (χ3v) is 2.07. The number of imidazole rings is 1. The van der Waals surface area contributed by atoms with Crippen molar-refractivity contribution in [3.63, 3.8) is 0 Å². The van der Waals surface area contributed by atoms with Gasteiger partial charge in [-0.25, -0.2) is 4.98 Å². The molecule has 0 atom stereocenters. The minimum atomic E-state index is -0.370. The number of primary amides is 1. The maximum Gasteiger partial charge on any atom is 0.237 e. The van der Waals surface area contributed by atoms with E-state index in [1.807, 2.05) is 30.3 Å². The molecule has 1 aromatic carbocycles. The lowest BCUT2D eigenvalue weighted by Gasteiger charge is -2.04. The molecule has 2 N–H and O–H groups in total. The first-order valence-corrected chi connectivity index (χ1v) is 4.62. The smallest absolute Gasteiger partial charge is 0.237 e. The zero-order chi connectivity index (χ0) is 10.7. The molecule has 76 valence electrons. The highest BCUT2D eigenvalue weighted by atomic mass is 16.1. The Bertz CT molecular complexity index is 462. The molecule has 1 heterocycles. The maximum atomic E-state index is 10.8. The van der Waals surface area contributed by atoms with E-state index in [1.54, 1.807) is 17.0 Å². The first-order chi connectivity index (χ1) is 7.27. The van der Waals surface area contributed by atoms with Gasteiger partial charge in [0.25, 0.3) is 0 Å².